The summed E-state index contributed by atoms with van der Waals surface area (Å²) in [6.07, 6.45) is 0.484. The van der Waals surface area contributed by atoms with Crippen molar-refractivity contribution in [2.45, 2.75) is 27.2 Å². The quantitative estimate of drug-likeness (QED) is 0.163. The predicted octanol–water partition coefficient (Wildman–Crippen LogP) is 6.05. The normalized spacial score (nSPS) is 10.4. The molecular weight excluding hydrogens is 456 g/mol. The summed E-state index contributed by atoms with van der Waals surface area (Å²) in [7, 11) is 0. The third-order valence-electron chi connectivity index (χ3n) is 5.23. The molecule has 0 aliphatic carbocycles. The summed E-state index contributed by atoms with van der Waals surface area (Å²) < 4.78 is 16.8. The Balaban J connectivity index is 2.01. The second-order valence-electron chi connectivity index (χ2n) is 8.50. The van der Waals surface area contributed by atoms with Gasteiger partial charge in [-0.1, -0.05) is 37.4 Å². The molecule has 0 saturated heterocycles. The molecule has 36 heavy (non-hydrogen) atoms. The van der Waals surface area contributed by atoms with Crippen LogP contribution in [0.4, 0.5) is 0 Å². The van der Waals surface area contributed by atoms with Crippen LogP contribution >= 0.6 is 0 Å². The molecule has 3 aromatic carbocycles. The molecule has 0 radical (unpaired) electrons. The van der Waals surface area contributed by atoms with Crippen LogP contribution in [0.5, 0.6) is 17.2 Å². The fourth-order valence-electron chi connectivity index (χ4n) is 3.39. The van der Waals surface area contributed by atoms with Crippen molar-refractivity contribution in [3.8, 4) is 39.5 Å². The fourth-order valence-corrected chi connectivity index (χ4v) is 3.39. The average Bonchev–Trinajstić information content (AvgIpc) is 2.85. The van der Waals surface area contributed by atoms with Crippen LogP contribution in [0.15, 0.2) is 85.0 Å². The maximum atomic E-state index is 11.8. The van der Waals surface area contributed by atoms with Gasteiger partial charge in [-0.05, 0) is 73.9 Å². The lowest BCUT2D eigenvalue weighted by atomic mass is 9.94. The van der Waals surface area contributed by atoms with Gasteiger partial charge in [0, 0.05) is 35.3 Å². The molecule has 0 unspecified atom stereocenters. The average molecular weight is 487 g/mol. The van der Waals surface area contributed by atoms with Gasteiger partial charge < -0.3 is 19.3 Å². The topological polar surface area (TPSA) is 82.1 Å². The van der Waals surface area contributed by atoms with E-state index in [0.717, 1.165) is 27.8 Å². The van der Waals surface area contributed by atoms with E-state index in [9.17, 15) is 14.7 Å². The Bertz CT molecular complexity index is 1180. The molecule has 0 spiro atoms. The Labute approximate surface area is 211 Å². The minimum absolute atomic E-state index is 0.0160. The molecule has 0 saturated carbocycles. The molecule has 0 amide bonds. The smallest absolute Gasteiger partial charge is 0.338 e. The largest absolute Gasteiger partial charge is 0.492 e. The van der Waals surface area contributed by atoms with Gasteiger partial charge in [0.15, 0.2) is 0 Å². The van der Waals surface area contributed by atoms with Crippen LogP contribution in [0.3, 0.4) is 0 Å². The summed E-state index contributed by atoms with van der Waals surface area (Å²) in [4.78, 5) is 23.7. The molecule has 0 bridgehead atoms. The molecule has 0 heterocycles. The van der Waals surface area contributed by atoms with Crippen molar-refractivity contribution >= 4 is 11.9 Å². The molecular formula is C30H30O6. The van der Waals surface area contributed by atoms with Crippen molar-refractivity contribution in [3.63, 3.8) is 0 Å². The first-order chi connectivity index (χ1) is 17.2. The summed E-state index contributed by atoms with van der Waals surface area (Å²) >= 11 is 0. The van der Waals surface area contributed by atoms with Gasteiger partial charge in [0.25, 0.3) is 0 Å². The molecule has 0 aliphatic rings. The SMILES string of the molecule is C=C(C)C(=O)Oc1ccc(-c2cc(C)cc(-c3ccc(OC(=O)C(=C)C)cc3)c2OCCCO)cc1. The first kappa shape index (κ1) is 26.4. The van der Waals surface area contributed by atoms with Crippen molar-refractivity contribution in [1.29, 1.82) is 0 Å². The Hall–Kier alpha value is -4.16. The zero-order valence-electron chi connectivity index (χ0n) is 20.8. The Morgan fingerprint density at radius 1 is 0.778 bits per heavy atom. The molecule has 0 aliphatic heterocycles. The maximum absolute atomic E-state index is 11.8. The first-order valence-corrected chi connectivity index (χ1v) is 11.5. The number of carbonyl (C=O) groups is 2. The van der Waals surface area contributed by atoms with Crippen molar-refractivity contribution < 1.29 is 28.9 Å². The highest BCUT2D eigenvalue weighted by Crippen LogP contribution is 2.41. The molecule has 186 valence electrons. The van der Waals surface area contributed by atoms with Gasteiger partial charge >= 0.3 is 11.9 Å². The minimum atomic E-state index is -0.481. The number of esters is 2. The number of aliphatic hydroxyl groups is 1. The van der Waals surface area contributed by atoms with E-state index >= 15 is 0 Å². The van der Waals surface area contributed by atoms with Gasteiger partial charge in [-0.15, -0.1) is 0 Å². The number of benzene rings is 3. The number of hydrogen-bond acceptors (Lipinski definition) is 6. The van der Waals surface area contributed by atoms with E-state index in [1.165, 1.54) is 0 Å². The van der Waals surface area contributed by atoms with Gasteiger partial charge in [0.1, 0.15) is 17.2 Å². The lowest BCUT2D eigenvalue weighted by molar-refractivity contribution is -0.130. The van der Waals surface area contributed by atoms with Gasteiger partial charge in [-0.3, -0.25) is 0 Å². The summed E-state index contributed by atoms with van der Waals surface area (Å²) in [5.74, 6) is 0.536. The van der Waals surface area contributed by atoms with Gasteiger partial charge in [-0.2, -0.15) is 0 Å². The summed E-state index contributed by atoms with van der Waals surface area (Å²) in [6, 6.07) is 18.4. The summed E-state index contributed by atoms with van der Waals surface area (Å²) in [5.41, 5.74) is 5.13. The highest BCUT2D eigenvalue weighted by atomic mass is 16.5. The van der Waals surface area contributed by atoms with Crippen LogP contribution in [0.1, 0.15) is 25.8 Å². The maximum Gasteiger partial charge on any atom is 0.338 e. The van der Waals surface area contributed by atoms with E-state index in [4.69, 9.17) is 14.2 Å². The minimum Gasteiger partial charge on any atom is -0.492 e. The van der Waals surface area contributed by atoms with Crippen molar-refractivity contribution in [2.24, 2.45) is 0 Å². The predicted molar refractivity (Wildman–Crippen MR) is 140 cm³/mol. The van der Waals surface area contributed by atoms with E-state index in [1.54, 1.807) is 38.1 Å². The van der Waals surface area contributed by atoms with E-state index in [2.05, 4.69) is 13.2 Å². The van der Waals surface area contributed by atoms with E-state index in [0.29, 0.717) is 41.4 Å². The Kier molecular flexibility index (Phi) is 8.81. The van der Waals surface area contributed by atoms with E-state index in [-0.39, 0.29) is 6.61 Å². The van der Waals surface area contributed by atoms with Crippen molar-refractivity contribution in [2.75, 3.05) is 13.2 Å². The molecule has 3 aromatic rings. The number of rotatable bonds is 10. The zero-order valence-corrected chi connectivity index (χ0v) is 20.8. The zero-order chi connectivity index (χ0) is 26.2. The highest BCUT2D eigenvalue weighted by molar-refractivity contribution is 5.90. The molecule has 6 nitrogen and oxygen atoms in total. The van der Waals surface area contributed by atoms with Gasteiger partial charge in [-0.25, -0.2) is 9.59 Å². The van der Waals surface area contributed by atoms with E-state index in [1.807, 2.05) is 43.3 Å². The van der Waals surface area contributed by atoms with Crippen LogP contribution in [0.2, 0.25) is 0 Å². The number of hydrogen-bond donors (Lipinski definition) is 1. The third-order valence-corrected chi connectivity index (χ3v) is 5.23. The summed E-state index contributed by atoms with van der Waals surface area (Å²) in [5, 5.41) is 9.27. The number of aryl methyl sites for hydroxylation is 1. The monoisotopic (exact) mass is 486 g/mol. The van der Waals surface area contributed by atoms with Crippen LogP contribution in [-0.2, 0) is 9.59 Å². The second kappa shape index (κ2) is 12.0. The number of aliphatic hydroxyl groups excluding tert-OH is 1. The van der Waals surface area contributed by atoms with Crippen LogP contribution in [0.25, 0.3) is 22.3 Å². The molecule has 0 atom stereocenters. The number of ether oxygens (including phenoxy) is 3. The van der Waals surface area contributed by atoms with Crippen molar-refractivity contribution in [1.82, 2.24) is 0 Å². The lowest BCUT2D eigenvalue weighted by Crippen LogP contribution is -2.08. The lowest BCUT2D eigenvalue weighted by Gasteiger charge is -2.18. The van der Waals surface area contributed by atoms with Gasteiger partial charge in [0.2, 0.25) is 0 Å². The molecule has 1 N–H and O–H groups in total. The van der Waals surface area contributed by atoms with Crippen LogP contribution in [-0.4, -0.2) is 30.3 Å². The van der Waals surface area contributed by atoms with Crippen LogP contribution < -0.4 is 14.2 Å². The Morgan fingerprint density at radius 3 is 1.56 bits per heavy atom. The molecule has 0 aromatic heterocycles. The molecule has 6 heteroatoms. The standard InChI is InChI=1S/C30H30O6/c1-19(2)29(32)35-24-11-7-22(8-12-24)26-17-21(5)18-27(28(26)34-16-6-15-31)23-9-13-25(14-10-23)36-30(33)20(3)4/h7-14,17-18,31H,1,3,6,15-16H2,2,4-5H3. The Morgan fingerprint density at radius 2 is 1.19 bits per heavy atom. The fraction of sp³-hybridized carbons (Fsp3) is 0.200. The number of carbonyl (C=O) groups excluding carboxylic acids is 2. The van der Waals surface area contributed by atoms with Gasteiger partial charge in [0.05, 0.1) is 6.61 Å². The van der Waals surface area contributed by atoms with E-state index < -0.39 is 11.9 Å². The first-order valence-electron chi connectivity index (χ1n) is 11.5. The summed E-state index contributed by atoms with van der Waals surface area (Å²) in [6.45, 7) is 12.7. The van der Waals surface area contributed by atoms with Crippen LogP contribution in [0, 0.1) is 6.92 Å². The third kappa shape index (κ3) is 6.71. The molecule has 0 fully saturated rings. The van der Waals surface area contributed by atoms with Crippen molar-refractivity contribution in [3.05, 3.63) is 90.5 Å². The second-order valence-corrected chi connectivity index (χ2v) is 8.50. The molecule has 3 rings (SSSR count). The highest BCUT2D eigenvalue weighted by Gasteiger charge is 2.16.